The second kappa shape index (κ2) is 7.34. The normalized spacial score (nSPS) is 21.2. The van der Waals surface area contributed by atoms with E-state index in [4.69, 9.17) is 0 Å². The number of amides is 2. The van der Waals surface area contributed by atoms with Crippen LogP contribution in [0.2, 0.25) is 0 Å². The first-order valence-corrected chi connectivity index (χ1v) is 8.93. The van der Waals surface area contributed by atoms with E-state index in [2.05, 4.69) is 5.32 Å². The molecule has 0 aromatic heterocycles. The molecule has 1 N–H and O–H groups in total. The maximum atomic E-state index is 13.0. The molecule has 0 radical (unpaired) electrons. The lowest BCUT2D eigenvalue weighted by atomic mass is 9.95. The van der Waals surface area contributed by atoms with Crippen LogP contribution in [0.15, 0.2) is 24.3 Å². The Bertz CT molecular complexity index is 608. The van der Waals surface area contributed by atoms with Crippen LogP contribution in [0.1, 0.15) is 54.1 Å². The summed E-state index contributed by atoms with van der Waals surface area (Å²) in [6.07, 6.45) is 5.70. The highest BCUT2D eigenvalue weighted by Gasteiger charge is 2.41. The highest BCUT2D eigenvalue weighted by molar-refractivity contribution is 6.04. The van der Waals surface area contributed by atoms with Gasteiger partial charge in [-0.2, -0.15) is 0 Å². The van der Waals surface area contributed by atoms with Gasteiger partial charge in [-0.25, -0.2) is 0 Å². The summed E-state index contributed by atoms with van der Waals surface area (Å²) >= 11 is 0. The zero-order chi connectivity index (χ0) is 17.1. The Labute approximate surface area is 144 Å². The first kappa shape index (κ1) is 17.0. The van der Waals surface area contributed by atoms with Gasteiger partial charge in [-0.1, -0.05) is 37.5 Å². The summed E-state index contributed by atoms with van der Waals surface area (Å²) < 4.78 is 0. The van der Waals surface area contributed by atoms with Crippen LogP contribution in [0.4, 0.5) is 0 Å². The Morgan fingerprint density at radius 1 is 1.21 bits per heavy atom. The summed E-state index contributed by atoms with van der Waals surface area (Å²) in [6, 6.07) is 7.27. The lowest BCUT2D eigenvalue weighted by Gasteiger charge is -2.29. The lowest BCUT2D eigenvalue weighted by molar-refractivity contribution is -0.126. The third-order valence-electron chi connectivity index (χ3n) is 5.05. The van der Waals surface area contributed by atoms with Crippen molar-refractivity contribution in [2.75, 3.05) is 27.2 Å². The Hall–Kier alpha value is -1.88. The fourth-order valence-electron chi connectivity index (χ4n) is 3.72. The van der Waals surface area contributed by atoms with Crippen LogP contribution in [0, 0.1) is 0 Å². The minimum atomic E-state index is -0.490. The van der Waals surface area contributed by atoms with Crippen LogP contribution in [0.3, 0.4) is 0 Å². The average Bonchev–Trinajstić information content (AvgIpc) is 2.86. The smallest absolute Gasteiger partial charge is 0.255 e. The Balaban J connectivity index is 1.80. The lowest BCUT2D eigenvalue weighted by Crippen LogP contribution is -2.45. The Kier molecular flexibility index (Phi) is 5.19. The minimum absolute atomic E-state index is 0.0287. The van der Waals surface area contributed by atoms with Crippen molar-refractivity contribution < 1.29 is 9.59 Å². The molecule has 1 fully saturated rings. The van der Waals surface area contributed by atoms with E-state index >= 15 is 0 Å². The van der Waals surface area contributed by atoms with Crippen LogP contribution in [-0.2, 0) is 4.79 Å². The molecule has 130 valence electrons. The quantitative estimate of drug-likeness (QED) is 0.901. The predicted molar refractivity (Wildman–Crippen MR) is 93.8 cm³/mol. The van der Waals surface area contributed by atoms with E-state index in [0.717, 1.165) is 24.9 Å². The molecule has 1 atom stereocenters. The molecular weight excluding hydrogens is 302 g/mol. The van der Waals surface area contributed by atoms with Crippen molar-refractivity contribution >= 4 is 11.8 Å². The zero-order valence-corrected chi connectivity index (χ0v) is 14.6. The first-order valence-electron chi connectivity index (χ1n) is 8.93. The van der Waals surface area contributed by atoms with E-state index in [0.29, 0.717) is 12.1 Å². The molecule has 1 aromatic carbocycles. The fourth-order valence-corrected chi connectivity index (χ4v) is 3.72. The molecule has 0 spiro atoms. The van der Waals surface area contributed by atoms with Crippen molar-refractivity contribution in [1.82, 2.24) is 15.1 Å². The third kappa shape index (κ3) is 3.46. The standard InChI is InChI=1S/C19H27N3O2/c1-21(2)12-13-22-17(15-10-6-7-11-16(15)19(22)24)18(23)20-14-8-4-3-5-9-14/h6-7,10-11,14,17H,3-5,8-9,12-13H2,1-2H3,(H,20,23). The molecular formula is C19H27N3O2. The van der Waals surface area contributed by atoms with Crippen molar-refractivity contribution in [2.45, 2.75) is 44.2 Å². The number of nitrogens with one attached hydrogen (secondary N) is 1. The molecule has 5 nitrogen and oxygen atoms in total. The summed E-state index contributed by atoms with van der Waals surface area (Å²) in [4.78, 5) is 29.5. The molecule has 2 amide bonds. The molecule has 24 heavy (non-hydrogen) atoms. The predicted octanol–water partition coefficient (Wildman–Crippen LogP) is 2.19. The molecule has 0 bridgehead atoms. The maximum absolute atomic E-state index is 13.0. The molecule has 5 heteroatoms. The largest absolute Gasteiger partial charge is 0.351 e. The van der Waals surface area contributed by atoms with Crippen LogP contribution in [0.5, 0.6) is 0 Å². The molecule has 1 unspecified atom stereocenters. The first-order chi connectivity index (χ1) is 11.6. The molecule has 1 aliphatic heterocycles. The van der Waals surface area contributed by atoms with Gasteiger partial charge < -0.3 is 15.1 Å². The second-order valence-corrected chi connectivity index (χ2v) is 7.14. The third-order valence-corrected chi connectivity index (χ3v) is 5.05. The molecule has 1 saturated carbocycles. The van der Waals surface area contributed by atoms with E-state index in [1.165, 1.54) is 19.3 Å². The van der Waals surface area contributed by atoms with E-state index in [9.17, 15) is 9.59 Å². The van der Waals surface area contributed by atoms with Crippen molar-refractivity contribution in [2.24, 2.45) is 0 Å². The van der Waals surface area contributed by atoms with Gasteiger partial charge in [0, 0.05) is 24.7 Å². The summed E-state index contributed by atoms with van der Waals surface area (Å²) in [5, 5.41) is 3.19. The maximum Gasteiger partial charge on any atom is 0.255 e. The van der Waals surface area contributed by atoms with Gasteiger partial charge in [-0.15, -0.1) is 0 Å². The fraction of sp³-hybridized carbons (Fsp3) is 0.579. The van der Waals surface area contributed by atoms with Gasteiger partial charge in [0.15, 0.2) is 0 Å². The van der Waals surface area contributed by atoms with Crippen molar-refractivity contribution in [3.05, 3.63) is 35.4 Å². The number of hydrogen-bond acceptors (Lipinski definition) is 3. The van der Waals surface area contributed by atoms with Crippen molar-refractivity contribution in [3.63, 3.8) is 0 Å². The summed E-state index contributed by atoms with van der Waals surface area (Å²) in [6.45, 7) is 1.30. The van der Waals surface area contributed by atoms with Gasteiger partial charge in [0.1, 0.15) is 6.04 Å². The van der Waals surface area contributed by atoms with Crippen molar-refractivity contribution in [3.8, 4) is 0 Å². The number of benzene rings is 1. The highest BCUT2D eigenvalue weighted by Crippen LogP contribution is 2.34. The number of carbonyl (C=O) groups is 2. The Morgan fingerprint density at radius 2 is 1.92 bits per heavy atom. The molecule has 0 saturated heterocycles. The molecule has 1 aromatic rings. The SMILES string of the molecule is CN(C)CCN1C(=O)c2ccccc2C1C(=O)NC1CCCCC1. The number of nitrogens with zero attached hydrogens (tertiary/aromatic N) is 2. The topological polar surface area (TPSA) is 52.7 Å². The molecule has 2 aliphatic rings. The van der Waals surface area contributed by atoms with Gasteiger partial charge in [-0.05, 0) is 38.6 Å². The van der Waals surface area contributed by atoms with Crippen LogP contribution in [0.25, 0.3) is 0 Å². The summed E-state index contributed by atoms with van der Waals surface area (Å²) in [7, 11) is 3.95. The molecule has 1 heterocycles. The monoisotopic (exact) mass is 329 g/mol. The number of carbonyl (C=O) groups excluding carboxylic acids is 2. The average molecular weight is 329 g/mol. The van der Waals surface area contributed by atoms with E-state index in [1.807, 2.05) is 43.3 Å². The van der Waals surface area contributed by atoms with Gasteiger partial charge in [0.25, 0.3) is 5.91 Å². The number of hydrogen-bond donors (Lipinski definition) is 1. The van der Waals surface area contributed by atoms with Crippen LogP contribution in [-0.4, -0.2) is 54.8 Å². The second-order valence-electron chi connectivity index (χ2n) is 7.14. The summed E-state index contributed by atoms with van der Waals surface area (Å²) in [5.41, 5.74) is 1.51. The van der Waals surface area contributed by atoms with Crippen LogP contribution >= 0.6 is 0 Å². The number of fused-ring (bicyclic) bond motifs is 1. The van der Waals surface area contributed by atoms with Gasteiger partial charge in [0.2, 0.25) is 5.91 Å². The summed E-state index contributed by atoms with van der Waals surface area (Å²) in [5.74, 6) is -0.0600. The molecule has 1 aliphatic carbocycles. The van der Waals surface area contributed by atoms with Crippen LogP contribution < -0.4 is 5.32 Å². The van der Waals surface area contributed by atoms with Gasteiger partial charge in [-0.3, -0.25) is 9.59 Å². The zero-order valence-electron chi connectivity index (χ0n) is 14.6. The number of rotatable bonds is 5. The Morgan fingerprint density at radius 3 is 2.62 bits per heavy atom. The van der Waals surface area contributed by atoms with Gasteiger partial charge in [0.05, 0.1) is 0 Å². The molecule has 3 rings (SSSR count). The van der Waals surface area contributed by atoms with E-state index in [-0.39, 0.29) is 17.9 Å². The minimum Gasteiger partial charge on any atom is -0.351 e. The van der Waals surface area contributed by atoms with E-state index in [1.54, 1.807) is 4.90 Å². The van der Waals surface area contributed by atoms with Gasteiger partial charge >= 0.3 is 0 Å². The van der Waals surface area contributed by atoms with E-state index < -0.39 is 6.04 Å². The highest BCUT2D eigenvalue weighted by atomic mass is 16.2. The van der Waals surface area contributed by atoms with Crippen molar-refractivity contribution in [1.29, 1.82) is 0 Å². The number of likely N-dealkylation sites (N-methyl/N-ethyl adjacent to an activating group) is 1.